The average molecular weight is 443 g/mol. The summed E-state index contributed by atoms with van der Waals surface area (Å²) >= 11 is 12.1. The van der Waals surface area contributed by atoms with Gasteiger partial charge in [0.25, 0.3) is 5.91 Å². The standard InChI is InChI=1S/C22H17Cl2FN4O/c23-19-8-7-16(12-20(19)24)29-21-6-2-5-17(18(21)13-27-29)22(30)26-10-9-14-3-1-4-15(11-14)28-25/h1-8,11-13,28H,9-10H2,(H,26,30). The van der Waals surface area contributed by atoms with Crippen molar-refractivity contribution in [3.05, 3.63) is 88.0 Å². The van der Waals surface area contributed by atoms with Crippen molar-refractivity contribution in [3.63, 3.8) is 0 Å². The molecule has 30 heavy (non-hydrogen) atoms. The molecule has 8 heteroatoms. The molecule has 0 aliphatic carbocycles. The van der Waals surface area contributed by atoms with Crippen LogP contribution in [0.3, 0.4) is 0 Å². The molecule has 0 fully saturated rings. The second-order valence-electron chi connectivity index (χ2n) is 6.69. The number of carbonyl (C=O) groups excluding carboxylic acids is 1. The third kappa shape index (κ3) is 4.10. The van der Waals surface area contributed by atoms with Gasteiger partial charge in [-0.15, -0.1) is 4.48 Å². The molecule has 1 aromatic heterocycles. The molecule has 4 aromatic rings. The number of carbonyl (C=O) groups is 1. The van der Waals surface area contributed by atoms with Crippen molar-refractivity contribution in [3.8, 4) is 5.69 Å². The van der Waals surface area contributed by atoms with Gasteiger partial charge in [-0.2, -0.15) is 5.10 Å². The number of hydrogen-bond donors (Lipinski definition) is 2. The highest BCUT2D eigenvalue weighted by molar-refractivity contribution is 6.42. The largest absolute Gasteiger partial charge is 0.352 e. The molecular weight excluding hydrogens is 426 g/mol. The van der Waals surface area contributed by atoms with E-state index < -0.39 is 0 Å². The molecular formula is C22H17Cl2FN4O. The topological polar surface area (TPSA) is 59.0 Å². The number of halogens is 3. The normalized spacial score (nSPS) is 10.9. The molecule has 0 spiro atoms. The van der Waals surface area contributed by atoms with Crippen LogP contribution in [0.5, 0.6) is 0 Å². The molecule has 1 heterocycles. The van der Waals surface area contributed by atoms with Gasteiger partial charge < -0.3 is 5.32 Å². The van der Waals surface area contributed by atoms with E-state index in [9.17, 15) is 9.28 Å². The predicted molar refractivity (Wildman–Crippen MR) is 118 cm³/mol. The summed E-state index contributed by atoms with van der Waals surface area (Å²) in [5.74, 6) is -0.200. The van der Waals surface area contributed by atoms with Gasteiger partial charge in [0.1, 0.15) is 0 Å². The fourth-order valence-electron chi connectivity index (χ4n) is 3.27. The molecule has 2 N–H and O–H groups in total. The number of hydrogen-bond acceptors (Lipinski definition) is 3. The van der Waals surface area contributed by atoms with Crippen LogP contribution >= 0.6 is 23.2 Å². The minimum absolute atomic E-state index is 0.200. The quantitative estimate of drug-likeness (QED) is 0.382. The van der Waals surface area contributed by atoms with E-state index in [0.717, 1.165) is 22.2 Å². The first-order chi connectivity index (χ1) is 14.6. The summed E-state index contributed by atoms with van der Waals surface area (Å²) in [6.07, 6.45) is 2.24. The first-order valence-corrected chi connectivity index (χ1v) is 9.98. The number of aromatic nitrogens is 2. The Labute approximate surface area is 182 Å². The predicted octanol–water partition coefficient (Wildman–Crippen LogP) is 5.60. The molecule has 0 radical (unpaired) electrons. The van der Waals surface area contributed by atoms with Crippen LogP contribution in [0.4, 0.5) is 10.2 Å². The van der Waals surface area contributed by atoms with Crippen LogP contribution in [0.25, 0.3) is 16.6 Å². The highest BCUT2D eigenvalue weighted by atomic mass is 35.5. The highest BCUT2D eigenvalue weighted by Gasteiger charge is 2.14. The van der Waals surface area contributed by atoms with Crippen molar-refractivity contribution >= 4 is 45.7 Å². The Morgan fingerprint density at radius 2 is 1.87 bits per heavy atom. The van der Waals surface area contributed by atoms with Crippen molar-refractivity contribution in [2.45, 2.75) is 6.42 Å². The zero-order chi connectivity index (χ0) is 21.1. The van der Waals surface area contributed by atoms with Crippen LogP contribution in [-0.2, 0) is 6.42 Å². The number of anilines is 1. The van der Waals surface area contributed by atoms with Crippen molar-refractivity contribution in [1.82, 2.24) is 15.1 Å². The summed E-state index contributed by atoms with van der Waals surface area (Å²) in [5, 5.41) is 8.95. The number of rotatable bonds is 6. The number of fused-ring (bicyclic) bond motifs is 1. The number of amides is 1. The fraction of sp³-hybridized carbons (Fsp3) is 0.0909. The minimum atomic E-state index is -0.200. The lowest BCUT2D eigenvalue weighted by molar-refractivity contribution is 0.0956. The lowest BCUT2D eigenvalue weighted by Crippen LogP contribution is -2.25. The second-order valence-corrected chi connectivity index (χ2v) is 7.51. The molecule has 1 amide bonds. The van der Waals surface area contributed by atoms with E-state index in [0.29, 0.717) is 34.3 Å². The van der Waals surface area contributed by atoms with E-state index in [1.165, 1.54) is 0 Å². The molecule has 0 saturated carbocycles. The monoisotopic (exact) mass is 442 g/mol. The number of nitrogens with zero attached hydrogens (tertiary/aromatic N) is 2. The molecule has 0 unspecified atom stereocenters. The zero-order valence-electron chi connectivity index (χ0n) is 15.7. The van der Waals surface area contributed by atoms with Crippen LogP contribution in [0.1, 0.15) is 15.9 Å². The van der Waals surface area contributed by atoms with Gasteiger partial charge >= 0.3 is 0 Å². The summed E-state index contributed by atoms with van der Waals surface area (Å²) < 4.78 is 14.3. The van der Waals surface area contributed by atoms with Crippen LogP contribution < -0.4 is 10.9 Å². The van der Waals surface area contributed by atoms with Crippen molar-refractivity contribution in [2.75, 3.05) is 12.1 Å². The summed E-state index contributed by atoms with van der Waals surface area (Å²) in [6.45, 7) is 0.423. The van der Waals surface area contributed by atoms with E-state index in [2.05, 4.69) is 10.4 Å². The maximum Gasteiger partial charge on any atom is 0.252 e. The maximum atomic E-state index is 12.8. The SMILES string of the molecule is O=C(NCCc1cccc(NF)c1)c1cccc2c1cnn2-c1ccc(Cl)c(Cl)c1. The molecule has 3 aromatic carbocycles. The number of benzene rings is 3. The number of nitrogens with one attached hydrogen (secondary N) is 2. The Morgan fingerprint density at radius 3 is 2.67 bits per heavy atom. The van der Waals surface area contributed by atoms with Crippen LogP contribution in [0.2, 0.25) is 10.0 Å². The summed E-state index contributed by atoms with van der Waals surface area (Å²) in [6, 6.07) is 17.7. The van der Waals surface area contributed by atoms with Gasteiger partial charge in [-0.05, 0) is 54.4 Å². The van der Waals surface area contributed by atoms with E-state index in [4.69, 9.17) is 23.2 Å². The summed E-state index contributed by atoms with van der Waals surface area (Å²) in [5.41, 5.74) is 4.98. The van der Waals surface area contributed by atoms with Gasteiger partial charge in [-0.3, -0.25) is 4.79 Å². The molecule has 0 aliphatic rings. The van der Waals surface area contributed by atoms with E-state index >= 15 is 0 Å². The fourth-order valence-corrected chi connectivity index (χ4v) is 3.57. The molecule has 0 bridgehead atoms. The Morgan fingerprint density at radius 1 is 1.03 bits per heavy atom. The third-order valence-corrected chi connectivity index (χ3v) is 5.48. The van der Waals surface area contributed by atoms with E-state index in [1.807, 2.05) is 24.3 Å². The third-order valence-electron chi connectivity index (χ3n) is 4.74. The summed E-state index contributed by atoms with van der Waals surface area (Å²) in [4.78, 5) is 12.8. The minimum Gasteiger partial charge on any atom is -0.352 e. The molecule has 5 nitrogen and oxygen atoms in total. The van der Waals surface area contributed by atoms with Crippen molar-refractivity contribution < 1.29 is 9.28 Å². The first-order valence-electron chi connectivity index (χ1n) is 9.23. The molecule has 0 aliphatic heterocycles. The lowest BCUT2D eigenvalue weighted by atomic mass is 10.1. The van der Waals surface area contributed by atoms with Gasteiger partial charge in [0, 0.05) is 11.9 Å². The Kier molecular flexibility index (Phi) is 5.88. The van der Waals surface area contributed by atoms with Crippen molar-refractivity contribution in [1.29, 1.82) is 0 Å². The Hall–Kier alpha value is -3.09. The van der Waals surface area contributed by atoms with Gasteiger partial charge in [0.15, 0.2) is 0 Å². The zero-order valence-corrected chi connectivity index (χ0v) is 17.2. The first kappa shape index (κ1) is 20.2. The summed E-state index contributed by atoms with van der Waals surface area (Å²) in [7, 11) is 0. The molecule has 0 saturated heterocycles. The Balaban J connectivity index is 1.53. The van der Waals surface area contributed by atoms with Gasteiger partial charge in [0.05, 0.1) is 38.7 Å². The van der Waals surface area contributed by atoms with Gasteiger partial charge in [-0.25, -0.2) is 10.2 Å². The smallest absolute Gasteiger partial charge is 0.252 e. The highest BCUT2D eigenvalue weighted by Crippen LogP contribution is 2.27. The molecule has 152 valence electrons. The Bertz CT molecular complexity index is 1220. The van der Waals surface area contributed by atoms with Crippen LogP contribution in [0.15, 0.2) is 66.9 Å². The van der Waals surface area contributed by atoms with Crippen molar-refractivity contribution in [2.24, 2.45) is 0 Å². The van der Waals surface area contributed by atoms with Crippen LogP contribution in [0, 0.1) is 0 Å². The molecule has 0 atom stereocenters. The van der Waals surface area contributed by atoms with E-state index in [-0.39, 0.29) is 5.91 Å². The maximum absolute atomic E-state index is 12.8. The van der Waals surface area contributed by atoms with Crippen LogP contribution in [-0.4, -0.2) is 22.2 Å². The van der Waals surface area contributed by atoms with Gasteiger partial charge in [0.2, 0.25) is 0 Å². The van der Waals surface area contributed by atoms with E-state index in [1.54, 1.807) is 52.8 Å². The molecule has 4 rings (SSSR count). The average Bonchev–Trinajstić information content (AvgIpc) is 3.20. The van der Waals surface area contributed by atoms with Gasteiger partial charge in [-0.1, -0.05) is 41.4 Å². The second kappa shape index (κ2) is 8.73. The lowest BCUT2D eigenvalue weighted by Gasteiger charge is -2.08.